The zero-order chi connectivity index (χ0) is 11.7. The van der Waals surface area contributed by atoms with Crippen LogP contribution in [0.1, 0.15) is 31.2 Å². The van der Waals surface area contributed by atoms with E-state index >= 15 is 0 Å². The molecule has 0 saturated carbocycles. The maximum atomic E-state index is 10.7. The first kappa shape index (κ1) is 11.0. The van der Waals surface area contributed by atoms with Gasteiger partial charge in [-0.2, -0.15) is 0 Å². The summed E-state index contributed by atoms with van der Waals surface area (Å²) < 4.78 is 0. The molecular formula is C15H19NO. The van der Waals surface area contributed by atoms with Crippen molar-refractivity contribution in [2.24, 2.45) is 5.92 Å². The highest BCUT2D eigenvalue weighted by atomic mass is 16.1. The predicted molar refractivity (Wildman–Crippen MR) is 67.6 cm³/mol. The third-order valence-electron chi connectivity index (χ3n) is 4.42. The Morgan fingerprint density at radius 3 is 2.82 bits per heavy atom. The lowest BCUT2D eigenvalue weighted by Gasteiger charge is -2.23. The Hall–Kier alpha value is -1.15. The van der Waals surface area contributed by atoms with Crippen LogP contribution in [0.15, 0.2) is 30.3 Å². The molecule has 3 atom stereocenters. The Morgan fingerprint density at radius 2 is 2.06 bits per heavy atom. The van der Waals surface area contributed by atoms with Gasteiger partial charge in [-0.3, -0.25) is 4.90 Å². The van der Waals surface area contributed by atoms with Crippen LogP contribution in [-0.4, -0.2) is 23.3 Å². The summed E-state index contributed by atoms with van der Waals surface area (Å²) >= 11 is 0. The van der Waals surface area contributed by atoms with E-state index in [0.29, 0.717) is 12.0 Å². The van der Waals surface area contributed by atoms with Crippen LogP contribution in [-0.2, 0) is 11.3 Å². The standard InChI is InChI=1S/C15H19NO/c17-9-8-13-10-14-6-7-15(13)16(14)11-12-4-2-1-3-5-12/h1-5,9,13-15H,6-8,10-11H2/t13?,14-,15+/m0/s1. The average molecular weight is 229 g/mol. The number of nitrogens with zero attached hydrogens (tertiary/aromatic N) is 1. The average Bonchev–Trinajstić information content (AvgIpc) is 2.88. The van der Waals surface area contributed by atoms with Crippen molar-refractivity contribution < 1.29 is 4.79 Å². The second-order valence-electron chi connectivity index (χ2n) is 5.35. The molecule has 2 aliphatic heterocycles. The van der Waals surface area contributed by atoms with E-state index in [1.807, 2.05) is 0 Å². The SMILES string of the molecule is O=CCC1C[C@@H]2CC[C@H]1N2Cc1ccccc1. The molecule has 2 heterocycles. The molecular weight excluding hydrogens is 210 g/mol. The molecule has 0 spiro atoms. The summed E-state index contributed by atoms with van der Waals surface area (Å²) in [5.41, 5.74) is 1.40. The molecule has 3 rings (SSSR count). The van der Waals surface area contributed by atoms with Gasteiger partial charge in [0.25, 0.3) is 0 Å². The van der Waals surface area contributed by atoms with Gasteiger partial charge in [0.15, 0.2) is 0 Å². The van der Waals surface area contributed by atoms with Gasteiger partial charge in [0.1, 0.15) is 6.29 Å². The van der Waals surface area contributed by atoms with Crippen LogP contribution in [0.5, 0.6) is 0 Å². The number of benzene rings is 1. The minimum absolute atomic E-state index is 0.620. The first-order valence-electron chi connectivity index (χ1n) is 6.62. The quantitative estimate of drug-likeness (QED) is 0.740. The molecule has 1 unspecified atom stereocenters. The molecule has 0 aromatic heterocycles. The summed E-state index contributed by atoms with van der Waals surface area (Å²) in [4.78, 5) is 13.3. The molecule has 2 nitrogen and oxygen atoms in total. The van der Waals surface area contributed by atoms with Crippen molar-refractivity contribution in [2.75, 3.05) is 0 Å². The fourth-order valence-corrected chi connectivity index (χ4v) is 3.65. The maximum absolute atomic E-state index is 10.7. The Morgan fingerprint density at radius 1 is 1.24 bits per heavy atom. The highest BCUT2D eigenvalue weighted by Gasteiger charge is 2.45. The van der Waals surface area contributed by atoms with Gasteiger partial charge in [0.05, 0.1) is 0 Å². The summed E-state index contributed by atoms with van der Waals surface area (Å²) in [5.74, 6) is 0.620. The molecule has 2 heteroatoms. The van der Waals surface area contributed by atoms with Crippen molar-refractivity contribution >= 4 is 6.29 Å². The Labute approximate surface area is 103 Å². The van der Waals surface area contributed by atoms with Crippen LogP contribution in [0.2, 0.25) is 0 Å². The molecule has 2 fully saturated rings. The Bertz CT molecular complexity index is 389. The van der Waals surface area contributed by atoms with Crippen LogP contribution in [0.4, 0.5) is 0 Å². The molecule has 2 bridgehead atoms. The van der Waals surface area contributed by atoms with Crippen molar-refractivity contribution in [3.63, 3.8) is 0 Å². The van der Waals surface area contributed by atoms with Crippen LogP contribution in [0.25, 0.3) is 0 Å². The first-order chi connectivity index (χ1) is 8.38. The normalized spacial score (nSPS) is 31.9. The lowest BCUT2D eigenvalue weighted by Crippen LogP contribution is -2.29. The minimum Gasteiger partial charge on any atom is -0.303 e. The number of fused-ring (bicyclic) bond motifs is 2. The van der Waals surface area contributed by atoms with Gasteiger partial charge in [-0.15, -0.1) is 0 Å². The fraction of sp³-hybridized carbons (Fsp3) is 0.533. The smallest absolute Gasteiger partial charge is 0.120 e. The lowest BCUT2D eigenvalue weighted by atomic mass is 9.87. The second-order valence-corrected chi connectivity index (χ2v) is 5.35. The van der Waals surface area contributed by atoms with Crippen molar-refractivity contribution in [1.82, 2.24) is 4.90 Å². The molecule has 0 amide bonds. The molecule has 2 saturated heterocycles. The summed E-state index contributed by atoms with van der Waals surface area (Å²) in [5, 5.41) is 0. The number of carbonyl (C=O) groups excluding carboxylic acids is 1. The highest BCUT2D eigenvalue weighted by Crippen LogP contribution is 2.43. The van der Waals surface area contributed by atoms with Crippen LogP contribution in [0, 0.1) is 5.92 Å². The molecule has 1 aromatic carbocycles. The van der Waals surface area contributed by atoms with Gasteiger partial charge in [-0.25, -0.2) is 0 Å². The largest absolute Gasteiger partial charge is 0.303 e. The van der Waals surface area contributed by atoms with E-state index in [1.54, 1.807) is 0 Å². The van der Waals surface area contributed by atoms with E-state index in [-0.39, 0.29) is 0 Å². The van der Waals surface area contributed by atoms with Crippen LogP contribution >= 0.6 is 0 Å². The second kappa shape index (κ2) is 4.61. The van der Waals surface area contributed by atoms with E-state index in [4.69, 9.17) is 0 Å². The number of hydrogen-bond acceptors (Lipinski definition) is 2. The van der Waals surface area contributed by atoms with E-state index in [9.17, 15) is 4.79 Å². The zero-order valence-corrected chi connectivity index (χ0v) is 10.1. The molecule has 0 aliphatic carbocycles. The zero-order valence-electron chi connectivity index (χ0n) is 10.1. The van der Waals surface area contributed by atoms with Crippen LogP contribution in [0.3, 0.4) is 0 Å². The molecule has 0 radical (unpaired) electrons. The summed E-state index contributed by atoms with van der Waals surface area (Å²) in [6.07, 6.45) is 5.71. The van der Waals surface area contributed by atoms with Gasteiger partial charge < -0.3 is 4.79 Å². The summed E-state index contributed by atoms with van der Waals surface area (Å²) in [6.45, 7) is 1.06. The first-order valence-corrected chi connectivity index (χ1v) is 6.62. The molecule has 0 N–H and O–H groups in total. The number of hydrogen-bond donors (Lipinski definition) is 0. The molecule has 17 heavy (non-hydrogen) atoms. The molecule has 90 valence electrons. The third kappa shape index (κ3) is 2.02. The van der Waals surface area contributed by atoms with Crippen molar-refractivity contribution in [3.8, 4) is 0 Å². The van der Waals surface area contributed by atoms with Crippen molar-refractivity contribution in [1.29, 1.82) is 0 Å². The summed E-state index contributed by atoms with van der Waals surface area (Å²) in [6, 6.07) is 12.1. The van der Waals surface area contributed by atoms with E-state index < -0.39 is 0 Å². The highest BCUT2D eigenvalue weighted by molar-refractivity contribution is 5.50. The molecule has 2 aliphatic rings. The van der Waals surface area contributed by atoms with E-state index in [2.05, 4.69) is 35.2 Å². The van der Waals surface area contributed by atoms with Gasteiger partial charge >= 0.3 is 0 Å². The number of rotatable bonds is 4. The van der Waals surface area contributed by atoms with Gasteiger partial charge in [-0.1, -0.05) is 30.3 Å². The topological polar surface area (TPSA) is 20.3 Å². The minimum atomic E-state index is 0.620. The molecule has 1 aromatic rings. The Kier molecular flexibility index (Phi) is 2.98. The summed E-state index contributed by atoms with van der Waals surface area (Å²) in [7, 11) is 0. The van der Waals surface area contributed by atoms with Crippen molar-refractivity contribution in [3.05, 3.63) is 35.9 Å². The lowest BCUT2D eigenvalue weighted by molar-refractivity contribution is -0.108. The van der Waals surface area contributed by atoms with Gasteiger partial charge in [-0.05, 0) is 30.7 Å². The maximum Gasteiger partial charge on any atom is 0.120 e. The number of carbonyl (C=O) groups is 1. The monoisotopic (exact) mass is 229 g/mol. The van der Waals surface area contributed by atoms with Gasteiger partial charge in [0, 0.05) is 25.0 Å². The Balaban J connectivity index is 1.71. The number of aldehydes is 1. The van der Waals surface area contributed by atoms with Gasteiger partial charge in [0.2, 0.25) is 0 Å². The van der Waals surface area contributed by atoms with E-state index in [0.717, 1.165) is 25.3 Å². The third-order valence-corrected chi connectivity index (χ3v) is 4.42. The van der Waals surface area contributed by atoms with E-state index in [1.165, 1.54) is 24.8 Å². The van der Waals surface area contributed by atoms with Crippen molar-refractivity contribution in [2.45, 2.75) is 44.3 Å². The van der Waals surface area contributed by atoms with Crippen LogP contribution < -0.4 is 0 Å². The fourth-order valence-electron chi connectivity index (χ4n) is 3.65. The predicted octanol–water partition coefficient (Wildman–Crippen LogP) is 2.63.